The van der Waals surface area contributed by atoms with Gasteiger partial charge in [-0.15, -0.1) is 0 Å². The zero-order chi connectivity index (χ0) is 11.5. The summed E-state index contributed by atoms with van der Waals surface area (Å²) in [6, 6.07) is 0.275. The van der Waals surface area contributed by atoms with Crippen molar-refractivity contribution in [2.24, 2.45) is 17.6 Å². The molecule has 3 heteroatoms. The van der Waals surface area contributed by atoms with Crippen LogP contribution in [-0.4, -0.2) is 30.4 Å². The third kappa shape index (κ3) is 2.76. The minimum Gasteiger partial charge on any atom is -0.345 e. The van der Waals surface area contributed by atoms with Gasteiger partial charge >= 0.3 is 0 Å². The van der Waals surface area contributed by atoms with Gasteiger partial charge < -0.3 is 10.6 Å². The van der Waals surface area contributed by atoms with Crippen LogP contribution < -0.4 is 5.73 Å². The van der Waals surface area contributed by atoms with Gasteiger partial charge in [-0.2, -0.15) is 0 Å². The highest BCUT2D eigenvalue weighted by Gasteiger charge is 2.34. The van der Waals surface area contributed by atoms with Crippen molar-refractivity contribution < 1.29 is 4.79 Å². The highest BCUT2D eigenvalue weighted by atomic mass is 16.2. The van der Waals surface area contributed by atoms with E-state index in [1.54, 1.807) is 0 Å². The molecule has 92 valence electrons. The van der Waals surface area contributed by atoms with E-state index >= 15 is 0 Å². The second-order valence-electron chi connectivity index (χ2n) is 5.65. The quantitative estimate of drug-likeness (QED) is 0.794. The van der Waals surface area contributed by atoms with Crippen LogP contribution in [0.15, 0.2) is 0 Å². The monoisotopic (exact) mass is 224 g/mol. The number of hydrogen-bond donors (Lipinski definition) is 1. The van der Waals surface area contributed by atoms with E-state index in [4.69, 9.17) is 5.73 Å². The van der Waals surface area contributed by atoms with E-state index in [9.17, 15) is 4.79 Å². The number of carbonyl (C=O) groups excluding carboxylic acids is 1. The molecule has 2 fully saturated rings. The third-order valence-electron chi connectivity index (χ3n) is 4.16. The van der Waals surface area contributed by atoms with E-state index in [0.717, 1.165) is 25.3 Å². The van der Waals surface area contributed by atoms with E-state index in [1.165, 1.54) is 32.1 Å². The Balaban J connectivity index is 1.73. The predicted molar refractivity (Wildman–Crippen MR) is 64.9 cm³/mol. The lowest BCUT2D eigenvalue weighted by Crippen LogP contribution is -2.46. The van der Waals surface area contributed by atoms with Crippen LogP contribution in [0.4, 0.5) is 0 Å². The van der Waals surface area contributed by atoms with Crippen molar-refractivity contribution in [3.05, 3.63) is 0 Å². The molecule has 2 saturated carbocycles. The number of nitrogens with two attached hydrogens (primary N) is 1. The van der Waals surface area contributed by atoms with Crippen LogP contribution in [-0.2, 0) is 4.79 Å². The molecule has 1 amide bonds. The summed E-state index contributed by atoms with van der Waals surface area (Å²) < 4.78 is 0. The van der Waals surface area contributed by atoms with Gasteiger partial charge in [0.1, 0.15) is 0 Å². The van der Waals surface area contributed by atoms with Gasteiger partial charge in [0.15, 0.2) is 0 Å². The van der Waals surface area contributed by atoms with Crippen LogP contribution in [0.3, 0.4) is 0 Å². The lowest BCUT2D eigenvalue weighted by molar-refractivity contribution is -0.138. The standard InChI is InChI=1S/C13H24N2O/c1-15(9-10-5-3-2-4-6-10)13(16)11-7-12(14)8-11/h10-12H,2-9,14H2,1H3. The Morgan fingerprint density at radius 3 is 2.44 bits per heavy atom. The molecule has 0 aromatic heterocycles. The molecule has 2 aliphatic rings. The summed E-state index contributed by atoms with van der Waals surface area (Å²) in [4.78, 5) is 14.0. The maximum absolute atomic E-state index is 12.0. The van der Waals surface area contributed by atoms with Crippen molar-refractivity contribution in [1.29, 1.82) is 0 Å². The molecule has 0 saturated heterocycles. The Kier molecular flexibility index (Phi) is 3.85. The molecule has 0 unspecified atom stereocenters. The van der Waals surface area contributed by atoms with E-state index in [0.29, 0.717) is 5.91 Å². The zero-order valence-electron chi connectivity index (χ0n) is 10.3. The first-order chi connectivity index (χ1) is 7.66. The van der Waals surface area contributed by atoms with Crippen LogP contribution in [0, 0.1) is 11.8 Å². The van der Waals surface area contributed by atoms with E-state index in [2.05, 4.69) is 0 Å². The van der Waals surface area contributed by atoms with E-state index in [1.807, 2.05) is 11.9 Å². The minimum atomic E-state index is 0.226. The molecule has 0 aromatic rings. The molecule has 2 N–H and O–H groups in total. The predicted octanol–water partition coefficient (Wildman–Crippen LogP) is 1.76. The zero-order valence-corrected chi connectivity index (χ0v) is 10.3. The molecule has 0 aromatic carbocycles. The average Bonchev–Trinajstić information content (AvgIpc) is 2.25. The lowest BCUT2D eigenvalue weighted by atomic mass is 9.79. The molecule has 0 atom stereocenters. The minimum absolute atomic E-state index is 0.226. The van der Waals surface area contributed by atoms with Crippen molar-refractivity contribution >= 4 is 5.91 Å². The topological polar surface area (TPSA) is 46.3 Å². The van der Waals surface area contributed by atoms with Crippen LogP contribution in [0.1, 0.15) is 44.9 Å². The van der Waals surface area contributed by atoms with Gasteiger partial charge in [-0.1, -0.05) is 19.3 Å². The average molecular weight is 224 g/mol. The Morgan fingerprint density at radius 1 is 1.25 bits per heavy atom. The third-order valence-corrected chi connectivity index (χ3v) is 4.16. The number of amides is 1. The molecule has 2 aliphatic carbocycles. The van der Waals surface area contributed by atoms with E-state index < -0.39 is 0 Å². The summed E-state index contributed by atoms with van der Waals surface area (Å²) in [6.07, 6.45) is 8.49. The first-order valence-electron chi connectivity index (χ1n) is 6.67. The molecule has 2 rings (SSSR count). The van der Waals surface area contributed by atoms with Crippen LogP contribution in [0.5, 0.6) is 0 Å². The second kappa shape index (κ2) is 5.17. The molecule has 3 nitrogen and oxygen atoms in total. The Hall–Kier alpha value is -0.570. The van der Waals surface area contributed by atoms with Crippen molar-refractivity contribution in [2.75, 3.05) is 13.6 Å². The molecular weight excluding hydrogens is 200 g/mol. The normalized spacial score (nSPS) is 30.9. The molecule has 0 heterocycles. The van der Waals surface area contributed by atoms with Gasteiger partial charge in [-0.25, -0.2) is 0 Å². The maximum atomic E-state index is 12.0. The number of hydrogen-bond acceptors (Lipinski definition) is 2. The highest BCUT2D eigenvalue weighted by molar-refractivity contribution is 5.79. The summed E-state index contributed by atoms with van der Waals surface area (Å²) in [6.45, 7) is 0.963. The van der Waals surface area contributed by atoms with Gasteiger partial charge in [0, 0.05) is 25.6 Å². The smallest absolute Gasteiger partial charge is 0.225 e. The van der Waals surface area contributed by atoms with Gasteiger partial charge in [0.05, 0.1) is 0 Å². The molecule has 16 heavy (non-hydrogen) atoms. The van der Waals surface area contributed by atoms with Crippen molar-refractivity contribution in [2.45, 2.75) is 51.0 Å². The van der Waals surface area contributed by atoms with Crippen molar-refractivity contribution in [1.82, 2.24) is 4.90 Å². The lowest BCUT2D eigenvalue weighted by Gasteiger charge is -2.35. The fourth-order valence-electron chi connectivity index (χ4n) is 3.02. The summed E-state index contributed by atoms with van der Waals surface area (Å²) in [5.74, 6) is 1.30. The second-order valence-corrected chi connectivity index (χ2v) is 5.65. The van der Waals surface area contributed by atoms with Gasteiger partial charge in [0.25, 0.3) is 0 Å². The number of carbonyl (C=O) groups is 1. The fraction of sp³-hybridized carbons (Fsp3) is 0.923. The molecular formula is C13H24N2O. The van der Waals surface area contributed by atoms with Crippen molar-refractivity contribution in [3.8, 4) is 0 Å². The summed E-state index contributed by atoms with van der Waals surface area (Å²) in [7, 11) is 1.96. The number of nitrogens with zero attached hydrogens (tertiary/aromatic N) is 1. The molecule has 0 spiro atoms. The first-order valence-corrected chi connectivity index (χ1v) is 6.67. The van der Waals surface area contributed by atoms with Gasteiger partial charge in [-0.3, -0.25) is 4.79 Å². The Bertz CT molecular complexity index is 242. The van der Waals surface area contributed by atoms with Crippen LogP contribution >= 0.6 is 0 Å². The van der Waals surface area contributed by atoms with Crippen molar-refractivity contribution in [3.63, 3.8) is 0 Å². The fourth-order valence-corrected chi connectivity index (χ4v) is 3.02. The van der Waals surface area contributed by atoms with Crippen LogP contribution in [0.25, 0.3) is 0 Å². The highest BCUT2D eigenvalue weighted by Crippen LogP contribution is 2.29. The SMILES string of the molecule is CN(CC1CCCCC1)C(=O)C1CC(N)C1. The van der Waals surface area contributed by atoms with Gasteiger partial charge in [-0.05, 0) is 31.6 Å². The van der Waals surface area contributed by atoms with Gasteiger partial charge in [0.2, 0.25) is 5.91 Å². The van der Waals surface area contributed by atoms with E-state index in [-0.39, 0.29) is 12.0 Å². The summed E-state index contributed by atoms with van der Waals surface area (Å²) in [5, 5.41) is 0. The number of rotatable bonds is 3. The largest absolute Gasteiger partial charge is 0.345 e. The first kappa shape index (κ1) is 11.9. The maximum Gasteiger partial charge on any atom is 0.225 e. The summed E-state index contributed by atoms with van der Waals surface area (Å²) >= 11 is 0. The molecule has 0 aliphatic heterocycles. The molecule has 0 bridgehead atoms. The Morgan fingerprint density at radius 2 is 1.88 bits per heavy atom. The molecule has 0 radical (unpaired) electrons. The summed E-state index contributed by atoms with van der Waals surface area (Å²) in [5.41, 5.74) is 5.72. The Labute approximate surface area is 98.4 Å². The van der Waals surface area contributed by atoms with Crippen LogP contribution in [0.2, 0.25) is 0 Å².